The van der Waals surface area contributed by atoms with Gasteiger partial charge < -0.3 is 15.5 Å². The van der Waals surface area contributed by atoms with Crippen molar-refractivity contribution in [3.63, 3.8) is 0 Å². The molecule has 1 heterocycles. The lowest BCUT2D eigenvalue weighted by Gasteiger charge is -2.25. The molecule has 1 aliphatic heterocycles. The van der Waals surface area contributed by atoms with E-state index >= 15 is 0 Å². The van der Waals surface area contributed by atoms with Gasteiger partial charge >= 0.3 is 6.03 Å². The second kappa shape index (κ2) is 1.83. The van der Waals surface area contributed by atoms with Gasteiger partial charge in [0, 0.05) is 7.05 Å². The van der Waals surface area contributed by atoms with Crippen molar-refractivity contribution in [3.05, 3.63) is 0 Å². The SMILES string of the molecule is CN1C(=O)NC(O)C1(C)O. The molecule has 2 atom stereocenters. The van der Waals surface area contributed by atoms with Crippen LogP contribution in [0.4, 0.5) is 4.79 Å². The first-order valence-corrected chi connectivity index (χ1v) is 2.91. The van der Waals surface area contributed by atoms with Gasteiger partial charge in [0.1, 0.15) is 0 Å². The summed E-state index contributed by atoms with van der Waals surface area (Å²) < 4.78 is 0. The molecule has 58 valence electrons. The topological polar surface area (TPSA) is 72.8 Å². The van der Waals surface area contributed by atoms with Crippen molar-refractivity contribution < 1.29 is 15.0 Å². The number of nitrogens with zero attached hydrogens (tertiary/aromatic N) is 1. The Morgan fingerprint density at radius 1 is 1.80 bits per heavy atom. The van der Waals surface area contributed by atoms with E-state index in [-0.39, 0.29) is 0 Å². The third-order valence-electron chi connectivity index (χ3n) is 1.76. The molecule has 0 aromatic carbocycles. The van der Waals surface area contributed by atoms with Gasteiger partial charge in [-0.15, -0.1) is 0 Å². The van der Waals surface area contributed by atoms with Crippen LogP contribution in [-0.4, -0.2) is 40.1 Å². The molecule has 2 unspecified atom stereocenters. The highest BCUT2D eigenvalue weighted by Crippen LogP contribution is 2.18. The molecule has 0 aromatic rings. The summed E-state index contributed by atoms with van der Waals surface area (Å²) in [5.41, 5.74) is -1.49. The first-order valence-electron chi connectivity index (χ1n) is 2.91. The zero-order chi connectivity index (χ0) is 7.94. The fourth-order valence-corrected chi connectivity index (χ4v) is 0.740. The number of likely N-dealkylation sites (N-methyl/N-ethyl adjacent to an activating group) is 1. The molecule has 0 radical (unpaired) electrons. The van der Waals surface area contributed by atoms with E-state index in [1.807, 2.05) is 0 Å². The molecule has 1 fully saturated rings. The minimum Gasteiger partial charge on any atom is -0.369 e. The maximum atomic E-state index is 10.7. The van der Waals surface area contributed by atoms with Crippen molar-refractivity contribution in [2.75, 3.05) is 7.05 Å². The van der Waals surface area contributed by atoms with Crippen molar-refractivity contribution in [2.45, 2.75) is 18.9 Å². The molecular formula is C5H10N2O3. The zero-order valence-corrected chi connectivity index (χ0v) is 5.83. The van der Waals surface area contributed by atoms with Gasteiger partial charge in [-0.2, -0.15) is 0 Å². The summed E-state index contributed by atoms with van der Waals surface area (Å²) in [6.07, 6.45) is -1.20. The average molecular weight is 146 g/mol. The van der Waals surface area contributed by atoms with E-state index in [1.165, 1.54) is 14.0 Å². The molecule has 5 heteroatoms. The van der Waals surface area contributed by atoms with Crippen LogP contribution in [0.15, 0.2) is 0 Å². The Hall–Kier alpha value is -0.810. The summed E-state index contributed by atoms with van der Waals surface area (Å²) in [6, 6.07) is -0.475. The molecule has 0 aliphatic carbocycles. The minimum atomic E-state index is -1.49. The van der Waals surface area contributed by atoms with E-state index in [1.54, 1.807) is 0 Å². The molecule has 5 nitrogen and oxygen atoms in total. The van der Waals surface area contributed by atoms with Gasteiger partial charge in [0.15, 0.2) is 12.0 Å². The fraction of sp³-hybridized carbons (Fsp3) is 0.800. The number of aliphatic hydroxyl groups excluding tert-OH is 1. The number of amides is 2. The molecule has 0 aromatic heterocycles. The van der Waals surface area contributed by atoms with E-state index in [2.05, 4.69) is 5.32 Å². The number of nitrogens with one attached hydrogen (secondary N) is 1. The lowest BCUT2D eigenvalue weighted by molar-refractivity contribution is -0.114. The Kier molecular flexibility index (Phi) is 1.34. The minimum absolute atomic E-state index is 0.475. The molecular weight excluding hydrogens is 136 g/mol. The number of hydrogen-bond donors (Lipinski definition) is 3. The van der Waals surface area contributed by atoms with Crippen LogP contribution in [0.5, 0.6) is 0 Å². The third kappa shape index (κ3) is 0.748. The van der Waals surface area contributed by atoms with E-state index < -0.39 is 18.0 Å². The summed E-state index contributed by atoms with van der Waals surface area (Å²) in [5.74, 6) is 0. The van der Waals surface area contributed by atoms with Crippen LogP contribution in [0.1, 0.15) is 6.92 Å². The average Bonchev–Trinajstić information content (AvgIpc) is 1.97. The van der Waals surface area contributed by atoms with Gasteiger partial charge in [-0.25, -0.2) is 4.79 Å². The van der Waals surface area contributed by atoms with Crippen LogP contribution >= 0.6 is 0 Å². The van der Waals surface area contributed by atoms with Crippen molar-refractivity contribution in [1.82, 2.24) is 10.2 Å². The summed E-state index contributed by atoms with van der Waals surface area (Å²) in [4.78, 5) is 11.7. The molecule has 10 heavy (non-hydrogen) atoms. The van der Waals surface area contributed by atoms with Crippen molar-refractivity contribution >= 4 is 6.03 Å². The fourth-order valence-electron chi connectivity index (χ4n) is 0.740. The Morgan fingerprint density at radius 3 is 2.40 bits per heavy atom. The van der Waals surface area contributed by atoms with Gasteiger partial charge in [-0.3, -0.25) is 4.90 Å². The molecule has 2 amide bonds. The number of rotatable bonds is 0. The predicted octanol–water partition coefficient (Wildman–Crippen LogP) is -1.33. The summed E-state index contributed by atoms with van der Waals surface area (Å²) in [5, 5.41) is 20.4. The van der Waals surface area contributed by atoms with Crippen LogP contribution in [0.2, 0.25) is 0 Å². The van der Waals surface area contributed by atoms with E-state index in [0.717, 1.165) is 4.90 Å². The second-order valence-corrected chi connectivity index (χ2v) is 2.51. The largest absolute Gasteiger partial charge is 0.369 e. The number of urea groups is 1. The van der Waals surface area contributed by atoms with Crippen LogP contribution in [0, 0.1) is 0 Å². The Morgan fingerprint density at radius 2 is 2.30 bits per heavy atom. The standard InChI is InChI=1S/C5H10N2O3/c1-5(10)3(8)6-4(9)7(5)2/h3,8,10H,1-2H3,(H,6,9). The third-order valence-corrected chi connectivity index (χ3v) is 1.76. The summed E-state index contributed by atoms with van der Waals surface area (Å²) >= 11 is 0. The van der Waals surface area contributed by atoms with Crippen LogP contribution in [-0.2, 0) is 0 Å². The molecule has 1 rings (SSSR count). The molecule has 0 bridgehead atoms. The monoisotopic (exact) mass is 146 g/mol. The van der Waals surface area contributed by atoms with E-state index in [4.69, 9.17) is 5.11 Å². The van der Waals surface area contributed by atoms with Gasteiger partial charge in [0.2, 0.25) is 0 Å². The lowest BCUT2D eigenvalue weighted by Crippen LogP contribution is -2.47. The Balaban J connectivity index is 2.85. The molecule has 1 aliphatic rings. The van der Waals surface area contributed by atoms with Crippen LogP contribution in [0.25, 0.3) is 0 Å². The Bertz CT molecular complexity index is 168. The van der Waals surface area contributed by atoms with Crippen LogP contribution in [0.3, 0.4) is 0 Å². The number of aliphatic hydroxyl groups is 2. The highest BCUT2D eigenvalue weighted by atomic mass is 16.4. The molecule has 1 saturated heterocycles. The first kappa shape index (κ1) is 7.30. The van der Waals surface area contributed by atoms with Crippen molar-refractivity contribution in [2.24, 2.45) is 0 Å². The number of carbonyl (C=O) groups is 1. The predicted molar refractivity (Wildman–Crippen MR) is 32.9 cm³/mol. The molecule has 0 spiro atoms. The van der Waals surface area contributed by atoms with Crippen molar-refractivity contribution in [1.29, 1.82) is 0 Å². The molecule has 0 saturated carbocycles. The summed E-state index contributed by atoms with van der Waals surface area (Å²) in [6.45, 7) is 1.36. The maximum Gasteiger partial charge on any atom is 0.321 e. The number of hydrogen-bond acceptors (Lipinski definition) is 3. The van der Waals surface area contributed by atoms with Gasteiger partial charge in [0.05, 0.1) is 0 Å². The van der Waals surface area contributed by atoms with Crippen LogP contribution < -0.4 is 5.32 Å². The normalized spacial score (nSPS) is 40.2. The second-order valence-electron chi connectivity index (χ2n) is 2.51. The van der Waals surface area contributed by atoms with Gasteiger partial charge in [-0.1, -0.05) is 0 Å². The zero-order valence-electron chi connectivity index (χ0n) is 5.83. The van der Waals surface area contributed by atoms with Gasteiger partial charge in [0.25, 0.3) is 0 Å². The lowest BCUT2D eigenvalue weighted by atomic mass is 10.2. The highest BCUT2D eigenvalue weighted by molar-refractivity contribution is 5.77. The Labute approximate surface area is 58.3 Å². The van der Waals surface area contributed by atoms with E-state index in [9.17, 15) is 9.90 Å². The quantitative estimate of drug-likeness (QED) is 0.396. The maximum absolute atomic E-state index is 10.7. The first-order chi connectivity index (χ1) is 4.46. The van der Waals surface area contributed by atoms with E-state index in [0.29, 0.717) is 0 Å². The molecule has 3 N–H and O–H groups in total. The highest BCUT2D eigenvalue weighted by Gasteiger charge is 2.45. The summed E-state index contributed by atoms with van der Waals surface area (Å²) in [7, 11) is 1.41. The van der Waals surface area contributed by atoms with Crippen molar-refractivity contribution in [3.8, 4) is 0 Å². The number of carbonyl (C=O) groups excluding carboxylic acids is 1. The van der Waals surface area contributed by atoms with Gasteiger partial charge in [-0.05, 0) is 6.92 Å². The smallest absolute Gasteiger partial charge is 0.321 e.